The summed E-state index contributed by atoms with van der Waals surface area (Å²) in [5.74, 6) is -0.129. The van der Waals surface area contributed by atoms with Crippen LogP contribution < -0.4 is 5.73 Å². The van der Waals surface area contributed by atoms with Crippen molar-refractivity contribution in [1.82, 2.24) is 4.90 Å². The first-order valence-electron chi connectivity index (χ1n) is 5.20. The van der Waals surface area contributed by atoms with Crippen molar-refractivity contribution in [3.05, 3.63) is 0 Å². The van der Waals surface area contributed by atoms with Gasteiger partial charge in [-0.3, -0.25) is 4.79 Å². The van der Waals surface area contributed by atoms with Crippen molar-refractivity contribution < 1.29 is 14.6 Å². The summed E-state index contributed by atoms with van der Waals surface area (Å²) in [5, 5.41) is 8.83. The summed E-state index contributed by atoms with van der Waals surface area (Å²) in [6, 6.07) is -0.489. The Labute approximate surface area is 91.2 Å². The minimum atomic E-state index is -0.543. The van der Waals surface area contributed by atoms with Crippen LogP contribution in [0.2, 0.25) is 0 Å². The van der Waals surface area contributed by atoms with Crippen LogP contribution in [0.25, 0.3) is 0 Å². The molecule has 0 saturated heterocycles. The molecule has 0 heterocycles. The molecule has 0 saturated carbocycles. The first kappa shape index (κ1) is 14.3. The summed E-state index contributed by atoms with van der Waals surface area (Å²) in [6.45, 7) is 4.56. The maximum Gasteiger partial charge on any atom is 0.239 e. The number of carbonyl (C=O) groups excluding carboxylic acids is 1. The average molecular weight is 218 g/mol. The molecule has 3 N–H and O–H groups in total. The zero-order valence-corrected chi connectivity index (χ0v) is 9.77. The van der Waals surface area contributed by atoms with Gasteiger partial charge in [0, 0.05) is 26.3 Å². The number of ether oxygens (including phenoxy) is 1. The molecule has 15 heavy (non-hydrogen) atoms. The normalized spacial score (nSPS) is 12.9. The third-order valence-corrected chi connectivity index (χ3v) is 2.20. The van der Waals surface area contributed by atoms with Gasteiger partial charge in [0.15, 0.2) is 0 Å². The van der Waals surface area contributed by atoms with Gasteiger partial charge in [0.05, 0.1) is 12.6 Å². The smallest absolute Gasteiger partial charge is 0.239 e. The third kappa shape index (κ3) is 5.11. The minimum absolute atomic E-state index is 0.0408. The highest BCUT2D eigenvalue weighted by Crippen LogP contribution is 2.03. The Balaban J connectivity index is 4.22. The first-order chi connectivity index (χ1) is 7.04. The first-order valence-corrected chi connectivity index (χ1v) is 5.20. The van der Waals surface area contributed by atoms with Crippen molar-refractivity contribution in [3.8, 4) is 0 Å². The number of hydrogen-bond donors (Lipinski definition) is 2. The van der Waals surface area contributed by atoms with Gasteiger partial charge in [-0.1, -0.05) is 0 Å². The summed E-state index contributed by atoms with van der Waals surface area (Å²) >= 11 is 0. The number of nitrogens with two attached hydrogens (primary N) is 1. The summed E-state index contributed by atoms with van der Waals surface area (Å²) < 4.78 is 4.86. The lowest BCUT2D eigenvalue weighted by Gasteiger charge is -2.28. The van der Waals surface area contributed by atoms with E-state index in [0.29, 0.717) is 19.6 Å². The maximum absolute atomic E-state index is 11.8. The van der Waals surface area contributed by atoms with Crippen LogP contribution in [0.5, 0.6) is 0 Å². The number of aliphatic hydroxyl groups excluding tert-OH is 1. The number of methoxy groups -OCH3 is 1. The van der Waals surface area contributed by atoms with E-state index in [1.165, 1.54) is 0 Å². The molecule has 0 rings (SSSR count). The molecule has 0 aliphatic heterocycles. The van der Waals surface area contributed by atoms with Gasteiger partial charge >= 0.3 is 0 Å². The van der Waals surface area contributed by atoms with Crippen molar-refractivity contribution in [3.63, 3.8) is 0 Å². The highest BCUT2D eigenvalue weighted by molar-refractivity contribution is 5.81. The molecule has 90 valence electrons. The molecule has 5 nitrogen and oxygen atoms in total. The lowest BCUT2D eigenvalue weighted by atomic mass is 10.1. The van der Waals surface area contributed by atoms with Gasteiger partial charge in [0.1, 0.15) is 0 Å². The molecule has 0 aromatic heterocycles. The van der Waals surface area contributed by atoms with Gasteiger partial charge in [-0.2, -0.15) is 0 Å². The van der Waals surface area contributed by atoms with Gasteiger partial charge in [-0.05, 0) is 20.3 Å². The second kappa shape index (κ2) is 7.62. The molecule has 1 amide bonds. The SMILES string of the molecule is COCCC(N)C(=O)N(CCO)C(C)C. The van der Waals surface area contributed by atoms with Gasteiger partial charge < -0.3 is 20.5 Å². The highest BCUT2D eigenvalue weighted by atomic mass is 16.5. The molecule has 1 atom stereocenters. The van der Waals surface area contributed by atoms with E-state index >= 15 is 0 Å². The minimum Gasteiger partial charge on any atom is -0.395 e. The Morgan fingerprint density at radius 1 is 1.53 bits per heavy atom. The van der Waals surface area contributed by atoms with E-state index in [1.807, 2.05) is 13.8 Å². The van der Waals surface area contributed by atoms with Crippen molar-refractivity contribution in [2.75, 3.05) is 26.9 Å². The summed E-state index contributed by atoms with van der Waals surface area (Å²) in [4.78, 5) is 13.4. The fourth-order valence-electron chi connectivity index (χ4n) is 1.31. The van der Waals surface area contributed by atoms with Crippen LogP contribution in [0.1, 0.15) is 20.3 Å². The summed E-state index contributed by atoms with van der Waals surface area (Å²) in [7, 11) is 1.57. The van der Waals surface area contributed by atoms with Gasteiger partial charge in [-0.25, -0.2) is 0 Å². The molecule has 0 fully saturated rings. The summed E-state index contributed by atoms with van der Waals surface area (Å²) in [5.41, 5.74) is 5.72. The number of nitrogens with zero attached hydrogens (tertiary/aromatic N) is 1. The van der Waals surface area contributed by atoms with E-state index in [-0.39, 0.29) is 18.6 Å². The predicted molar refractivity (Wildman–Crippen MR) is 58.4 cm³/mol. The number of carbonyl (C=O) groups is 1. The van der Waals surface area contributed by atoms with Crippen LogP contribution >= 0.6 is 0 Å². The zero-order chi connectivity index (χ0) is 11.8. The van der Waals surface area contributed by atoms with E-state index in [1.54, 1.807) is 12.0 Å². The van der Waals surface area contributed by atoms with Gasteiger partial charge in [0.25, 0.3) is 0 Å². The van der Waals surface area contributed by atoms with Gasteiger partial charge in [0.2, 0.25) is 5.91 Å². The largest absolute Gasteiger partial charge is 0.395 e. The number of rotatable bonds is 7. The molecule has 0 aliphatic rings. The van der Waals surface area contributed by atoms with Crippen LogP contribution in [0.4, 0.5) is 0 Å². The van der Waals surface area contributed by atoms with Gasteiger partial charge in [-0.15, -0.1) is 0 Å². The molecular formula is C10H22N2O3. The third-order valence-electron chi connectivity index (χ3n) is 2.20. The van der Waals surface area contributed by atoms with Crippen LogP contribution in [0.15, 0.2) is 0 Å². The van der Waals surface area contributed by atoms with E-state index < -0.39 is 6.04 Å². The highest BCUT2D eigenvalue weighted by Gasteiger charge is 2.22. The topological polar surface area (TPSA) is 75.8 Å². The van der Waals surface area contributed by atoms with Crippen LogP contribution in [0.3, 0.4) is 0 Å². The van der Waals surface area contributed by atoms with E-state index in [9.17, 15) is 4.79 Å². The Morgan fingerprint density at radius 3 is 2.53 bits per heavy atom. The lowest BCUT2D eigenvalue weighted by molar-refractivity contribution is -0.135. The molecule has 0 bridgehead atoms. The Hall–Kier alpha value is -0.650. The fraction of sp³-hybridized carbons (Fsp3) is 0.900. The van der Waals surface area contributed by atoms with E-state index in [2.05, 4.69) is 0 Å². The van der Waals surface area contributed by atoms with E-state index in [4.69, 9.17) is 15.6 Å². The molecule has 5 heteroatoms. The summed E-state index contributed by atoms with van der Waals surface area (Å²) in [6.07, 6.45) is 0.504. The quantitative estimate of drug-likeness (QED) is 0.608. The maximum atomic E-state index is 11.8. The van der Waals surface area contributed by atoms with Crippen LogP contribution in [-0.2, 0) is 9.53 Å². The number of amides is 1. The van der Waals surface area contributed by atoms with Crippen LogP contribution in [-0.4, -0.2) is 54.9 Å². The fourth-order valence-corrected chi connectivity index (χ4v) is 1.31. The molecule has 0 aromatic carbocycles. The molecule has 0 aromatic rings. The van der Waals surface area contributed by atoms with E-state index in [0.717, 1.165) is 0 Å². The molecule has 1 unspecified atom stereocenters. The second-order valence-corrected chi connectivity index (χ2v) is 3.74. The molecule has 0 radical (unpaired) electrons. The van der Waals surface area contributed by atoms with Crippen molar-refractivity contribution >= 4 is 5.91 Å². The van der Waals surface area contributed by atoms with Crippen molar-refractivity contribution in [2.24, 2.45) is 5.73 Å². The monoisotopic (exact) mass is 218 g/mol. The molecule has 0 aliphatic carbocycles. The van der Waals surface area contributed by atoms with Crippen molar-refractivity contribution in [1.29, 1.82) is 0 Å². The second-order valence-electron chi connectivity index (χ2n) is 3.74. The molecule has 0 spiro atoms. The Bertz CT molecular complexity index is 186. The Kier molecular flexibility index (Phi) is 7.29. The molecular weight excluding hydrogens is 196 g/mol. The Morgan fingerprint density at radius 2 is 2.13 bits per heavy atom. The average Bonchev–Trinajstić information content (AvgIpc) is 2.21. The number of hydrogen-bond acceptors (Lipinski definition) is 4. The standard InChI is InChI=1S/C10H22N2O3/c1-8(2)12(5-6-13)10(14)9(11)4-7-15-3/h8-9,13H,4-7,11H2,1-3H3. The number of aliphatic hydroxyl groups is 1. The lowest BCUT2D eigenvalue weighted by Crippen LogP contribution is -2.48. The van der Waals surface area contributed by atoms with Crippen LogP contribution in [0, 0.1) is 0 Å². The van der Waals surface area contributed by atoms with Crippen molar-refractivity contribution in [2.45, 2.75) is 32.4 Å². The zero-order valence-electron chi connectivity index (χ0n) is 9.77. The predicted octanol–water partition coefficient (Wildman–Crippen LogP) is -0.420.